The Hall–Kier alpha value is -1.97. The summed E-state index contributed by atoms with van der Waals surface area (Å²) in [6.07, 6.45) is 3.01. The molecule has 96 valence electrons. The Labute approximate surface area is 108 Å². The molecule has 0 aliphatic heterocycles. The van der Waals surface area contributed by atoms with Crippen LogP contribution in [0.5, 0.6) is 5.75 Å². The fourth-order valence-corrected chi connectivity index (χ4v) is 1.86. The Morgan fingerprint density at radius 3 is 2.78 bits per heavy atom. The van der Waals surface area contributed by atoms with Crippen LogP contribution in [0, 0.1) is 6.92 Å². The van der Waals surface area contributed by atoms with Crippen LogP contribution in [0.25, 0.3) is 0 Å². The summed E-state index contributed by atoms with van der Waals surface area (Å²) in [6, 6.07) is 9.89. The molecule has 0 aliphatic carbocycles. The average molecular weight is 245 g/mol. The quantitative estimate of drug-likeness (QED) is 0.795. The number of imidazole rings is 1. The molecule has 0 radical (unpaired) electrons. The van der Waals surface area contributed by atoms with E-state index in [1.807, 2.05) is 50.5 Å². The van der Waals surface area contributed by atoms with E-state index in [4.69, 9.17) is 4.74 Å². The average Bonchev–Trinajstić information content (AvgIpc) is 2.76. The minimum atomic E-state index is 0.713. The van der Waals surface area contributed by atoms with Crippen LogP contribution >= 0.6 is 0 Å². The fraction of sp³-hybridized carbons (Fsp3) is 0.357. The molecule has 1 heterocycles. The number of aromatic nitrogens is 2. The third-order valence-electron chi connectivity index (χ3n) is 2.68. The molecule has 18 heavy (non-hydrogen) atoms. The van der Waals surface area contributed by atoms with Crippen LogP contribution in [-0.2, 0) is 6.54 Å². The van der Waals surface area contributed by atoms with Crippen LogP contribution in [0.1, 0.15) is 12.1 Å². The monoisotopic (exact) mass is 245 g/mol. The number of hydrogen-bond donors (Lipinski definition) is 1. The number of rotatable bonds is 6. The first-order valence-electron chi connectivity index (χ1n) is 6.19. The second-order valence-corrected chi connectivity index (χ2v) is 4.16. The van der Waals surface area contributed by atoms with Crippen molar-refractivity contribution in [1.82, 2.24) is 9.55 Å². The number of anilines is 1. The summed E-state index contributed by atoms with van der Waals surface area (Å²) in [4.78, 5) is 4.38. The lowest BCUT2D eigenvalue weighted by molar-refractivity contribution is 0.302. The molecule has 0 spiro atoms. The summed E-state index contributed by atoms with van der Waals surface area (Å²) < 4.78 is 7.77. The van der Waals surface area contributed by atoms with Gasteiger partial charge in [-0.3, -0.25) is 0 Å². The molecule has 0 bridgehead atoms. The van der Waals surface area contributed by atoms with Crippen LogP contribution in [0.3, 0.4) is 0 Å². The van der Waals surface area contributed by atoms with E-state index in [1.54, 1.807) is 0 Å². The van der Waals surface area contributed by atoms with Crippen LogP contribution < -0.4 is 10.1 Å². The number of nitrogens with one attached hydrogen (secondary N) is 1. The maximum Gasteiger partial charge on any atom is 0.202 e. The van der Waals surface area contributed by atoms with E-state index in [0.29, 0.717) is 6.61 Å². The van der Waals surface area contributed by atoms with E-state index >= 15 is 0 Å². The molecule has 0 saturated carbocycles. The van der Waals surface area contributed by atoms with Gasteiger partial charge in [-0.1, -0.05) is 18.2 Å². The van der Waals surface area contributed by atoms with Crippen molar-refractivity contribution in [3.8, 4) is 5.75 Å². The second kappa shape index (κ2) is 6.10. The SMILES string of the molecule is CNc1nc(C)cn1CCCOc1ccccc1. The van der Waals surface area contributed by atoms with Gasteiger partial charge in [0.05, 0.1) is 12.3 Å². The number of ether oxygens (including phenoxy) is 1. The number of benzene rings is 1. The number of hydrogen-bond acceptors (Lipinski definition) is 3. The topological polar surface area (TPSA) is 39.1 Å². The number of aryl methyl sites for hydroxylation is 2. The van der Waals surface area contributed by atoms with Crippen molar-refractivity contribution in [3.63, 3.8) is 0 Å². The van der Waals surface area contributed by atoms with Crippen molar-refractivity contribution < 1.29 is 4.74 Å². The zero-order valence-corrected chi connectivity index (χ0v) is 10.9. The predicted octanol–water partition coefficient (Wildman–Crippen LogP) is 2.70. The summed E-state index contributed by atoms with van der Waals surface area (Å²) in [7, 11) is 1.89. The minimum absolute atomic E-state index is 0.713. The summed E-state index contributed by atoms with van der Waals surface area (Å²) in [5.41, 5.74) is 1.03. The fourth-order valence-electron chi connectivity index (χ4n) is 1.86. The summed E-state index contributed by atoms with van der Waals surface area (Å²) in [6.45, 7) is 3.62. The molecular weight excluding hydrogens is 226 g/mol. The number of nitrogens with zero attached hydrogens (tertiary/aromatic N) is 2. The molecule has 0 atom stereocenters. The lowest BCUT2D eigenvalue weighted by Gasteiger charge is -2.08. The highest BCUT2D eigenvalue weighted by Gasteiger charge is 2.02. The molecule has 0 aliphatic rings. The summed E-state index contributed by atoms with van der Waals surface area (Å²) >= 11 is 0. The molecule has 4 heteroatoms. The summed E-state index contributed by atoms with van der Waals surface area (Å²) in [5.74, 6) is 1.83. The Kier molecular flexibility index (Phi) is 4.23. The molecule has 0 unspecified atom stereocenters. The number of para-hydroxylation sites is 1. The first kappa shape index (κ1) is 12.5. The van der Waals surface area contributed by atoms with E-state index in [2.05, 4.69) is 14.9 Å². The molecule has 0 fully saturated rings. The van der Waals surface area contributed by atoms with Gasteiger partial charge in [-0.25, -0.2) is 4.98 Å². The first-order chi connectivity index (χ1) is 8.79. The normalized spacial score (nSPS) is 10.3. The standard InChI is InChI=1S/C14H19N3O/c1-12-11-17(14(15-2)16-12)9-6-10-18-13-7-4-3-5-8-13/h3-5,7-8,11H,6,9-10H2,1-2H3,(H,15,16). The van der Waals surface area contributed by atoms with Gasteiger partial charge in [-0.15, -0.1) is 0 Å². The third kappa shape index (κ3) is 3.26. The molecule has 4 nitrogen and oxygen atoms in total. The van der Waals surface area contributed by atoms with Gasteiger partial charge in [0.1, 0.15) is 5.75 Å². The highest BCUT2D eigenvalue weighted by atomic mass is 16.5. The van der Waals surface area contributed by atoms with Crippen LogP contribution in [0.2, 0.25) is 0 Å². The lowest BCUT2D eigenvalue weighted by Crippen LogP contribution is -2.06. The highest BCUT2D eigenvalue weighted by Crippen LogP contribution is 2.10. The predicted molar refractivity (Wildman–Crippen MR) is 73.1 cm³/mol. The van der Waals surface area contributed by atoms with E-state index in [1.165, 1.54) is 0 Å². The van der Waals surface area contributed by atoms with Crippen molar-refractivity contribution >= 4 is 5.95 Å². The van der Waals surface area contributed by atoms with Crippen molar-refractivity contribution in [1.29, 1.82) is 0 Å². The van der Waals surface area contributed by atoms with Crippen molar-refractivity contribution in [2.24, 2.45) is 0 Å². The highest BCUT2D eigenvalue weighted by molar-refractivity contribution is 5.27. The maximum absolute atomic E-state index is 5.65. The Bertz CT molecular complexity index is 479. The smallest absolute Gasteiger partial charge is 0.202 e. The van der Waals surface area contributed by atoms with Crippen molar-refractivity contribution in [2.75, 3.05) is 19.0 Å². The van der Waals surface area contributed by atoms with Gasteiger partial charge in [0.15, 0.2) is 0 Å². The van der Waals surface area contributed by atoms with E-state index in [0.717, 1.165) is 30.4 Å². The third-order valence-corrected chi connectivity index (χ3v) is 2.68. The van der Waals surface area contributed by atoms with Gasteiger partial charge in [-0.05, 0) is 25.5 Å². The van der Waals surface area contributed by atoms with Gasteiger partial charge in [0.2, 0.25) is 5.95 Å². The molecule has 1 aromatic carbocycles. The lowest BCUT2D eigenvalue weighted by atomic mass is 10.3. The summed E-state index contributed by atoms with van der Waals surface area (Å²) in [5, 5.41) is 3.09. The Morgan fingerprint density at radius 1 is 1.28 bits per heavy atom. The van der Waals surface area contributed by atoms with Gasteiger partial charge >= 0.3 is 0 Å². The van der Waals surface area contributed by atoms with Crippen LogP contribution in [0.4, 0.5) is 5.95 Å². The Morgan fingerprint density at radius 2 is 2.06 bits per heavy atom. The van der Waals surface area contributed by atoms with Gasteiger partial charge in [-0.2, -0.15) is 0 Å². The maximum atomic E-state index is 5.65. The zero-order valence-electron chi connectivity index (χ0n) is 10.9. The molecule has 2 rings (SSSR count). The largest absolute Gasteiger partial charge is 0.494 e. The van der Waals surface area contributed by atoms with E-state index in [-0.39, 0.29) is 0 Å². The van der Waals surface area contributed by atoms with Gasteiger partial charge in [0.25, 0.3) is 0 Å². The Balaban J connectivity index is 1.78. The van der Waals surface area contributed by atoms with E-state index in [9.17, 15) is 0 Å². The molecule has 0 amide bonds. The van der Waals surface area contributed by atoms with Crippen molar-refractivity contribution in [3.05, 3.63) is 42.2 Å². The molecule has 1 aromatic heterocycles. The minimum Gasteiger partial charge on any atom is -0.494 e. The van der Waals surface area contributed by atoms with Gasteiger partial charge in [0, 0.05) is 19.8 Å². The second-order valence-electron chi connectivity index (χ2n) is 4.16. The molecule has 2 aromatic rings. The molecule has 0 saturated heterocycles. The van der Waals surface area contributed by atoms with Crippen LogP contribution in [0.15, 0.2) is 36.5 Å². The van der Waals surface area contributed by atoms with Gasteiger partial charge < -0.3 is 14.6 Å². The molecular formula is C14H19N3O. The van der Waals surface area contributed by atoms with Crippen LogP contribution in [-0.4, -0.2) is 23.2 Å². The zero-order chi connectivity index (χ0) is 12.8. The van der Waals surface area contributed by atoms with E-state index < -0.39 is 0 Å². The molecule has 1 N–H and O–H groups in total. The van der Waals surface area contributed by atoms with Crippen molar-refractivity contribution in [2.45, 2.75) is 19.9 Å². The first-order valence-corrected chi connectivity index (χ1v) is 6.19.